The van der Waals surface area contributed by atoms with Crippen LogP contribution in [-0.2, 0) is 11.2 Å². The van der Waals surface area contributed by atoms with Crippen LogP contribution in [0.25, 0.3) is 0 Å². The predicted octanol–water partition coefficient (Wildman–Crippen LogP) is 5.06. The second-order valence-corrected chi connectivity index (χ2v) is 8.73. The van der Waals surface area contributed by atoms with Crippen molar-refractivity contribution >= 4 is 28.6 Å². The number of anilines is 2. The first-order valence-corrected chi connectivity index (χ1v) is 11.0. The van der Waals surface area contributed by atoms with Gasteiger partial charge in [-0.25, -0.2) is 9.97 Å². The second-order valence-electron chi connectivity index (χ2n) is 7.44. The Morgan fingerprint density at radius 3 is 2.77 bits per heavy atom. The molecule has 0 unspecified atom stereocenters. The molecule has 0 aliphatic carbocycles. The molecule has 31 heavy (non-hydrogen) atoms. The van der Waals surface area contributed by atoms with Gasteiger partial charge in [-0.3, -0.25) is 5.41 Å². The average molecular weight is 444 g/mol. The summed E-state index contributed by atoms with van der Waals surface area (Å²) in [7, 11) is 0. The van der Waals surface area contributed by atoms with Crippen molar-refractivity contribution in [2.24, 2.45) is 0 Å². The number of thiazole rings is 1. The summed E-state index contributed by atoms with van der Waals surface area (Å²) in [6.45, 7) is 8.90. The first kappa shape index (κ1) is 22.7. The Morgan fingerprint density at radius 2 is 2.06 bits per heavy atom. The Balaban J connectivity index is 0.00000272. The Kier molecular flexibility index (Phi) is 7.59. The highest BCUT2D eigenvalue weighted by molar-refractivity contribution is 7.11. The van der Waals surface area contributed by atoms with E-state index in [0.717, 1.165) is 17.1 Å². The monoisotopic (exact) mass is 443 g/mol. The first-order valence-electron chi connectivity index (χ1n) is 10.2. The molecule has 0 radical (unpaired) electrons. The van der Waals surface area contributed by atoms with Gasteiger partial charge >= 0.3 is 0 Å². The lowest BCUT2D eigenvalue weighted by Gasteiger charge is -2.14. The van der Waals surface area contributed by atoms with Crippen molar-refractivity contribution in [2.45, 2.75) is 40.2 Å². The number of hydrogen-bond acceptors (Lipinski definition) is 8. The number of rotatable bonds is 10. The molecular formula is C23H33N5O2S. The number of nitrogens with two attached hydrogens (primary N) is 1. The van der Waals surface area contributed by atoms with E-state index in [4.69, 9.17) is 20.6 Å². The van der Waals surface area contributed by atoms with E-state index >= 15 is 0 Å². The lowest BCUT2D eigenvalue weighted by atomic mass is 10.0. The van der Waals surface area contributed by atoms with Crippen LogP contribution in [0.1, 0.15) is 43.4 Å². The highest BCUT2D eigenvalue weighted by Gasteiger charge is 2.12. The zero-order valence-corrected chi connectivity index (χ0v) is 19.2. The van der Waals surface area contributed by atoms with Crippen molar-refractivity contribution < 1.29 is 12.3 Å². The van der Waals surface area contributed by atoms with Crippen molar-refractivity contribution in [1.82, 2.24) is 9.97 Å². The minimum absolute atomic E-state index is 0. The average Bonchev–Trinajstić information content (AvgIpc) is 3.05. The van der Waals surface area contributed by atoms with Crippen LogP contribution in [0.4, 0.5) is 11.5 Å². The zero-order valence-electron chi connectivity index (χ0n) is 18.4. The molecule has 3 rings (SSSR count). The molecule has 8 heteroatoms. The Bertz CT molecular complexity index is 1060. The number of benzene rings is 1. The van der Waals surface area contributed by atoms with Crippen molar-refractivity contribution in [1.29, 1.82) is 5.41 Å². The fourth-order valence-electron chi connectivity index (χ4n) is 3.10. The maximum absolute atomic E-state index is 8.62. The van der Waals surface area contributed by atoms with Crippen LogP contribution in [-0.4, -0.2) is 35.1 Å². The lowest BCUT2D eigenvalue weighted by molar-refractivity contribution is 0.155. The maximum atomic E-state index is 8.62. The van der Waals surface area contributed by atoms with Crippen LogP contribution in [0.2, 0.25) is 0 Å². The van der Waals surface area contributed by atoms with E-state index in [1.54, 1.807) is 35.7 Å². The van der Waals surface area contributed by atoms with Gasteiger partial charge in [0.15, 0.2) is 0 Å². The van der Waals surface area contributed by atoms with Crippen molar-refractivity contribution in [3.63, 3.8) is 0 Å². The van der Waals surface area contributed by atoms with E-state index in [-0.39, 0.29) is 8.96 Å². The summed E-state index contributed by atoms with van der Waals surface area (Å²) in [5.41, 5.74) is 9.38. The molecule has 0 aliphatic rings. The van der Waals surface area contributed by atoms with Gasteiger partial charge in [-0.1, -0.05) is 0 Å². The topological polar surface area (TPSA) is 106 Å². The fraction of sp³-hybridized carbons (Fsp3) is 0.348. The normalized spacial score (nSPS) is 11.0. The molecule has 0 saturated carbocycles. The van der Waals surface area contributed by atoms with E-state index in [2.05, 4.69) is 15.3 Å². The molecule has 2 aromatic heterocycles. The summed E-state index contributed by atoms with van der Waals surface area (Å²) < 4.78 is 11.4. The highest BCUT2D eigenvalue weighted by atomic mass is 32.1. The highest BCUT2D eigenvalue weighted by Crippen LogP contribution is 2.24. The molecule has 0 aliphatic heterocycles. The van der Waals surface area contributed by atoms with Crippen LogP contribution in [0.5, 0.6) is 5.75 Å². The molecule has 0 amide bonds. The standard InChI is InChI=1S/C23H29N5O2S.2H2/c1-14(2)30-18-5-6-20(24)19(12-18)23(25)17-7-9-26-22(11-17)27-13-29-10-8-21-15(3)28-16(4)31-21;;/h5-7,9,11-12,14,25H,8,10,13,24H2,1-4H3,(H,26,27);2*1H. The van der Waals surface area contributed by atoms with Crippen LogP contribution >= 0.6 is 11.3 Å². The van der Waals surface area contributed by atoms with Gasteiger partial charge in [0, 0.05) is 37.2 Å². The molecule has 0 saturated heterocycles. The van der Waals surface area contributed by atoms with Gasteiger partial charge in [0.25, 0.3) is 0 Å². The zero-order chi connectivity index (χ0) is 22.4. The first-order chi connectivity index (χ1) is 14.8. The van der Waals surface area contributed by atoms with Crippen molar-refractivity contribution in [3.05, 3.63) is 63.2 Å². The van der Waals surface area contributed by atoms with Gasteiger partial charge in [0.2, 0.25) is 0 Å². The summed E-state index contributed by atoms with van der Waals surface area (Å²) >= 11 is 1.71. The summed E-state index contributed by atoms with van der Waals surface area (Å²) in [6.07, 6.45) is 2.55. The Hall–Kier alpha value is -2.97. The molecule has 4 N–H and O–H groups in total. The molecule has 7 nitrogen and oxygen atoms in total. The Morgan fingerprint density at radius 1 is 1.26 bits per heavy atom. The van der Waals surface area contributed by atoms with E-state index in [1.807, 2.05) is 39.8 Å². The molecule has 0 spiro atoms. The molecule has 0 bridgehead atoms. The number of aromatic nitrogens is 2. The second kappa shape index (κ2) is 10.4. The third-order valence-electron chi connectivity index (χ3n) is 4.54. The third kappa shape index (κ3) is 6.26. The van der Waals surface area contributed by atoms with E-state index in [9.17, 15) is 0 Å². The van der Waals surface area contributed by atoms with Crippen molar-refractivity contribution in [2.75, 3.05) is 24.4 Å². The van der Waals surface area contributed by atoms with E-state index in [0.29, 0.717) is 47.4 Å². The predicted molar refractivity (Wildman–Crippen MR) is 131 cm³/mol. The summed E-state index contributed by atoms with van der Waals surface area (Å²) in [5.74, 6) is 1.33. The largest absolute Gasteiger partial charge is 0.491 e. The molecule has 3 aromatic rings. The molecule has 168 valence electrons. The SMILES string of the molecule is Cc1nc(C)c(CCOCNc2cc(C(=N)c3cc(OC(C)C)ccc3N)ccn2)s1.[HH].[HH]. The number of ether oxygens (including phenoxy) is 2. The molecule has 0 atom stereocenters. The summed E-state index contributed by atoms with van der Waals surface area (Å²) in [5, 5.41) is 12.9. The van der Waals surface area contributed by atoms with Crippen molar-refractivity contribution in [3.8, 4) is 5.75 Å². The molecular weight excluding hydrogens is 410 g/mol. The van der Waals surface area contributed by atoms with E-state index in [1.165, 1.54) is 4.88 Å². The summed E-state index contributed by atoms with van der Waals surface area (Å²) in [4.78, 5) is 10.0. The minimum Gasteiger partial charge on any atom is -0.491 e. The summed E-state index contributed by atoms with van der Waals surface area (Å²) in [6, 6.07) is 8.99. The fourth-order valence-corrected chi connectivity index (χ4v) is 4.02. The van der Waals surface area contributed by atoms with Crippen LogP contribution in [0.15, 0.2) is 36.5 Å². The van der Waals surface area contributed by atoms with Gasteiger partial charge in [0.1, 0.15) is 18.3 Å². The van der Waals surface area contributed by atoms with Gasteiger partial charge < -0.3 is 20.5 Å². The number of nitrogens with one attached hydrogen (secondary N) is 2. The van der Waals surface area contributed by atoms with E-state index < -0.39 is 0 Å². The smallest absolute Gasteiger partial charge is 0.128 e. The molecule has 1 aromatic carbocycles. The number of aryl methyl sites for hydroxylation is 2. The van der Waals surface area contributed by atoms with Gasteiger partial charge in [-0.05, 0) is 58.0 Å². The number of pyridine rings is 1. The quantitative estimate of drug-likeness (QED) is 0.175. The van der Waals surface area contributed by atoms with Gasteiger partial charge in [0.05, 0.1) is 29.1 Å². The van der Waals surface area contributed by atoms with Crippen LogP contribution in [0.3, 0.4) is 0 Å². The number of nitrogen functional groups attached to an aromatic ring is 1. The lowest BCUT2D eigenvalue weighted by Crippen LogP contribution is -2.11. The van der Waals surface area contributed by atoms with Crippen LogP contribution in [0, 0.1) is 19.3 Å². The molecule has 0 fully saturated rings. The van der Waals surface area contributed by atoms with Crippen LogP contribution < -0.4 is 15.8 Å². The Labute approximate surface area is 190 Å². The maximum Gasteiger partial charge on any atom is 0.128 e. The van der Waals surface area contributed by atoms with Gasteiger partial charge in [-0.15, -0.1) is 11.3 Å². The minimum atomic E-state index is 0. The van der Waals surface area contributed by atoms with Gasteiger partial charge in [-0.2, -0.15) is 0 Å². The number of nitrogens with zero attached hydrogens (tertiary/aromatic N) is 2. The third-order valence-corrected chi connectivity index (χ3v) is 5.68. The molecule has 2 heterocycles. The number of hydrogen-bond donors (Lipinski definition) is 3.